The maximum Gasteiger partial charge on any atom is 0.219 e. The zero-order chi connectivity index (χ0) is 21.4. The number of anilines is 3. The molecule has 7 nitrogen and oxygen atoms in total. The molecule has 2 atom stereocenters. The Labute approximate surface area is 184 Å². The predicted molar refractivity (Wildman–Crippen MR) is 122 cm³/mol. The summed E-state index contributed by atoms with van der Waals surface area (Å²) in [6.45, 7) is 7.49. The number of aromatic nitrogens is 3. The van der Waals surface area contributed by atoms with Crippen LogP contribution in [0.4, 0.5) is 17.5 Å². The fourth-order valence-electron chi connectivity index (χ4n) is 5.51. The molecule has 1 saturated carbocycles. The average molecular weight is 421 g/mol. The van der Waals surface area contributed by atoms with E-state index in [1.165, 1.54) is 24.8 Å². The van der Waals surface area contributed by atoms with Gasteiger partial charge in [-0.25, -0.2) is 9.97 Å². The number of carbonyl (C=O) groups excluding carboxylic acids is 1. The molecule has 2 aromatic rings. The first-order chi connectivity index (χ1) is 15.0. The van der Waals surface area contributed by atoms with Gasteiger partial charge in [0.05, 0.1) is 18.1 Å². The fourth-order valence-corrected chi connectivity index (χ4v) is 5.51. The molecule has 0 radical (unpaired) electrons. The largest absolute Gasteiger partial charge is 0.356 e. The maximum absolute atomic E-state index is 11.7. The molecule has 1 aliphatic carbocycles. The lowest BCUT2D eigenvalue weighted by molar-refractivity contribution is -0.129. The second kappa shape index (κ2) is 8.44. The van der Waals surface area contributed by atoms with Crippen LogP contribution in [0.1, 0.15) is 56.2 Å². The molecule has 3 aliphatic rings. The smallest absolute Gasteiger partial charge is 0.219 e. The molecule has 0 aromatic carbocycles. The molecule has 4 heterocycles. The number of hydrogen-bond donors (Lipinski definition) is 1. The van der Waals surface area contributed by atoms with E-state index in [4.69, 9.17) is 4.98 Å². The second-order valence-electron chi connectivity index (χ2n) is 9.54. The van der Waals surface area contributed by atoms with Gasteiger partial charge in [-0.15, -0.1) is 0 Å². The van der Waals surface area contributed by atoms with Crippen LogP contribution >= 0.6 is 0 Å². The quantitative estimate of drug-likeness (QED) is 0.809. The number of pyridine rings is 1. The Kier molecular flexibility index (Phi) is 5.50. The Morgan fingerprint density at radius 3 is 2.39 bits per heavy atom. The number of hydrogen-bond acceptors (Lipinski definition) is 6. The van der Waals surface area contributed by atoms with Crippen molar-refractivity contribution in [1.29, 1.82) is 0 Å². The van der Waals surface area contributed by atoms with Crippen molar-refractivity contribution < 1.29 is 4.79 Å². The minimum atomic E-state index is 0.179. The van der Waals surface area contributed by atoms with Crippen molar-refractivity contribution >= 4 is 23.4 Å². The monoisotopic (exact) mass is 420 g/mol. The van der Waals surface area contributed by atoms with Crippen molar-refractivity contribution in [3.63, 3.8) is 0 Å². The summed E-state index contributed by atoms with van der Waals surface area (Å²) >= 11 is 0. The molecule has 2 unspecified atom stereocenters. The molecule has 2 saturated heterocycles. The molecule has 1 amide bonds. The van der Waals surface area contributed by atoms with Crippen LogP contribution in [0.25, 0.3) is 0 Å². The first-order valence-corrected chi connectivity index (χ1v) is 11.6. The third-order valence-corrected chi connectivity index (χ3v) is 7.21. The summed E-state index contributed by atoms with van der Waals surface area (Å²) in [6, 6.07) is 4.46. The number of likely N-dealkylation sites (tertiary alicyclic amines) is 1. The number of nitrogens with one attached hydrogen (secondary N) is 1. The standard InChI is InChI=1S/C24H32N6O/c1-16-12-26-23(13-25-16)27-22-10-21(20-5-7-29(8-6-20)17(2)31)11-24(28-22)30-14-18-3-4-19(9-18)15-30/h10-13,18-20H,3-9,14-15H2,1-2H3,(H,26,27,28). The number of rotatable bonds is 4. The van der Waals surface area contributed by atoms with E-state index in [9.17, 15) is 4.79 Å². The van der Waals surface area contributed by atoms with Gasteiger partial charge in [-0.05, 0) is 74.5 Å². The van der Waals surface area contributed by atoms with Crippen LogP contribution in [0.5, 0.6) is 0 Å². The SMILES string of the molecule is CC(=O)N1CCC(c2cc(Nc3cnc(C)cn3)nc(N3CC4CCC(C4)C3)c2)CC1. The summed E-state index contributed by atoms with van der Waals surface area (Å²) in [4.78, 5) is 30.0. The first kappa shape index (κ1) is 20.2. The van der Waals surface area contributed by atoms with Crippen molar-refractivity contribution in [2.45, 2.75) is 51.9 Å². The van der Waals surface area contributed by atoms with Crippen LogP contribution in [-0.2, 0) is 4.79 Å². The molecule has 164 valence electrons. The summed E-state index contributed by atoms with van der Waals surface area (Å²) in [5.41, 5.74) is 2.21. The Morgan fingerprint density at radius 1 is 1.00 bits per heavy atom. The average Bonchev–Trinajstić information content (AvgIpc) is 3.12. The number of aryl methyl sites for hydroxylation is 1. The van der Waals surface area contributed by atoms with E-state index in [1.807, 2.05) is 11.8 Å². The van der Waals surface area contributed by atoms with Gasteiger partial charge in [0.2, 0.25) is 5.91 Å². The number of piperidine rings is 2. The van der Waals surface area contributed by atoms with Crippen molar-refractivity contribution in [1.82, 2.24) is 19.9 Å². The second-order valence-corrected chi connectivity index (χ2v) is 9.54. The highest BCUT2D eigenvalue weighted by molar-refractivity contribution is 5.73. The van der Waals surface area contributed by atoms with Crippen LogP contribution in [0, 0.1) is 18.8 Å². The molecule has 1 N–H and O–H groups in total. The van der Waals surface area contributed by atoms with Gasteiger partial charge in [-0.1, -0.05) is 0 Å². The van der Waals surface area contributed by atoms with Gasteiger partial charge >= 0.3 is 0 Å². The van der Waals surface area contributed by atoms with E-state index in [0.29, 0.717) is 11.7 Å². The van der Waals surface area contributed by atoms with Gasteiger partial charge in [0.15, 0.2) is 0 Å². The van der Waals surface area contributed by atoms with Gasteiger partial charge in [0, 0.05) is 33.1 Å². The lowest BCUT2D eigenvalue weighted by Gasteiger charge is -2.35. The maximum atomic E-state index is 11.7. The fraction of sp³-hybridized carbons (Fsp3) is 0.583. The molecule has 3 fully saturated rings. The third-order valence-electron chi connectivity index (χ3n) is 7.21. The predicted octanol–water partition coefficient (Wildman–Crippen LogP) is 3.89. The van der Waals surface area contributed by atoms with Crippen molar-refractivity contribution in [2.75, 3.05) is 36.4 Å². The molecule has 7 heteroatoms. The van der Waals surface area contributed by atoms with E-state index in [0.717, 1.165) is 68.2 Å². The highest BCUT2D eigenvalue weighted by atomic mass is 16.2. The number of carbonyl (C=O) groups is 1. The van der Waals surface area contributed by atoms with Crippen LogP contribution < -0.4 is 10.2 Å². The molecule has 0 spiro atoms. The number of amides is 1. The molecule has 2 aliphatic heterocycles. The third kappa shape index (κ3) is 4.50. The molecular weight excluding hydrogens is 388 g/mol. The normalized spacial score (nSPS) is 23.8. The minimum Gasteiger partial charge on any atom is -0.356 e. The number of nitrogens with zero attached hydrogens (tertiary/aromatic N) is 5. The van der Waals surface area contributed by atoms with Crippen LogP contribution in [0.15, 0.2) is 24.5 Å². The summed E-state index contributed by atoms with van der Waals surface area (Å²) in [6.07, 6.45) is 9.62. The first-order valence-electron chi connectivity index (χ1n) is 11.6. The van der Waals surface area contributed by atoms with Crippen LogP contribution in [0.2, 0.25) is 0 Å². The van der Waals surface area contributed by atoms with Gasteiger partial charge in [-0.3, -0.25) is 9.78 Å². The zero-order valence-electron chi connectivity index (χ0n) is 18.5. The Balaban J connectivity index is 1.42. The summed E-state index contributed by atoms with van der Waals surface area (Å²) in [5, 5.41) is 3.38. The topological polar surface area (TPSA) is 74.2 Å². The van der Waals surface area contributed by atoms with E-state index in [-0.39, 0.29) is 5.91 Å². The van der Waals surface area contributed by atoms with Crippen molar-refractivity contribution in [3.8, 4) is 0 Å². The highest BCUT2D eigenvalue weighted by Crippen LogP contribution is 2.39. The zero-order valence-corrected chi connectivity index (χ0v) is 18.5. The molecule has 31 heavy (non-hydrogen) atoms. The number of fused-ring (bicyclic) bond motifs is 2. The van der Waals surface area contributed by atoms with E-state index in [2.05, 4.69) is 32.3 Å². The summed E-state index contributed by atoms with van der Waals surface area (Å²) < 4.78 is 0. The molecule has 5 rings (SSSR count). The summed E-state index contributed by atoms with van der Waals surface area (Å²) in [7, 11) is 0. The van der Waals surface area contributed by atoms with Crippen molar-refractivity contribution in [3.05, 3.63) is 35.8 Å². The van der Waals surface area contributed by atoms with Gasteiger partial charge < -0.3 is 15.1 Å². The van der Waals surface area contributed by atoms with Gasteiger partial charge in [0.1, 0.15) is 17.5 Å². The van der Waals surface area contributed by atoms with E-state index < -0.39 is 0 Å². The molecular formula is C24H32N6O. The van der Waals surface area contributed by atoms with Gasteiger partial charge in [-0.2, -0.15) is 0 Å². The van der Waals surface area contributed by atoms with Gasteiger partial charge in [0.25, 0.3) is 0 Å². The summed E-state index contributed by atoms with van der Waals surface area (Å²) in [5.74, 6) is 4.86. The molecule has 2 aromatic heterocycles. The van der Waals surface area contributed by atoms with Crippen LogP contribution in [0.3, 0.4) is 0 Å². The van der Waals surface area contributed by atoms with Crippen LogP contribution in [-0.4, -0.2) is 51.9 Å². The van der Waals surface area contributed by atoms with E-state index >= 15 is 0 Å². The Bertz CT molecular complexity index is 926. The highest BCUT2D eigenvalue weighted by Gasteiger charge is 2.34. The molecule has 2 bridgehead atoms. The minimum absolute atomic E-state index is 0.179. The van der Waals surface area contributed by atoms with E-state index in [1.54, 1.807) is 19.3 Å². The van der Waals surface area contributed by atoms with Crippen molar-refractivity contribution in [2.24, 2.45) is 11.8 Å². The lowest BCUT2D eigenvalue weighted by atomic mass is 9.89. The lowest BCUT2D eigenvalue weighted by Crippen LogP contribution is -2.37. The Hall–Kier alpha value is -2.70. The Morgan fingerprint density at radius 2 is 1.74 bits per heavy atom.